The molecular formula is C13H17BrFNO2S. The maximum Gasteiger partial charge on any atom is 0.245 e. The van der Waals surface area contributed by atoms with Crippen LogP contribution in [0.15, 0.2) is 27.6 Å². The summed E-state index contributed by atoms with van der Waals surface area (Å²) in [6.07, 6.45) is 1.59. The van der Waals surface area contributed by atoms with Gasteiger partial charge in [-0.3, -0.25) is 0 Å². The molecule has 3 nitrogen and oxygen atoms in total. The molecule has 1 aliphatic rings. The van der Waals surface area contributed by atoms with Crippen LogP contribution in [-0.2, 0) is 10.0 Å². The molecule has 0 unspecified atom stereocenters. The number of rotatable bonds is 2. The molecule has 106 valence electrons. The van der Waals surface area contributed by atoms with Crippen molar-refractivity contribution in [1.82, 2.24) is 4.31 Å². The molecule has 0 aromatic heterocycles. The topological polar surface area (TPSA) is 37.4 Å². The van der Waals surface area contributed by atoms with E-state index in [0.29, 0.717) is 17.6 Å². The molecule has 2 rings (SSSR count). The Kier molecular flexibility index (Phi) is 4.05. The van der Waals surface area contributed by atoms with Crippen molar-refractivity contribution in [3.63, 3.8) is 0 Å². The number of hydrogen-bond acceptors (Lipinski definition) is 2. The van der Waals surface area contributed by atoms with Crippen molar-refractivity contribution in [2.45, 2.75) is 31.6 Å². The zero-order valence-electron chi connectivity index (χ0n) is 11.0. The van der Waals surface area contributed by atoms with E-state index >= 15 is 0 Å². The molecule has 0 N–H and O–H groups in total. The Morgan fingerprint density at radius 1 is 1.26 bits per heavy atom. The van der Waals surface area contributed by atoms with Gasteiger partial charge in [-0.15, -0.1) is 0 Å². The normalized spacial score (nSPS) is 20.4. The van der Waals surface area contributed by atoms with Gasteiger partial charge in [0.15, 0.2) is 0 Å². The molecule has 1 heterocycles. The van der Waals surface area contributed by atoms with Crippen LogP contribution in [0.4, 0.5) is 4.39 Å². The van der Waals surface area contributed by atoms with Crippen LogP contribution >= 0.6 is 15.9 Å². The van der Waals surface area contributed by atoms with Crippen LogP contribution in [0.1, 0.15) is 26.7 Å². The van der Waals surface area contributed by atoms with Gasteiger partial charge >= 0.3 is 0 Å². The highest BCUT2D eigenvalue weighted by Gasteiger charge is 2.33. The van der Waals surface area contributed by atoms with Gasteiger partial charge in [0.05, 0.1) is 0 Å². The molecule has 6 heteroatoms. The molecule has 19 heavy (non-hydrogen) atoms. The second kappa shape index (κ2) is 5.14. The summed E-state index contributed by atoms with van der Waals surface area (Å²) < 4.78 is 40.5. The molecule has 0 atom stereocenters. The monoisotopic (exact) mass is 349 g/mol. The molecule has 1 fully saturated rings. The number of halogens is 2. The van der Waals surface area contributed by atoms with Crippen molar-refractivity contribution in [3.8, 4) is 0 Å². The molecule has 0 spiro atoms. The molecule has 1 saturated heterocycles. The van der Waals surface area contributed by atoms with E-state index in [1.807, 2.05) is 0 Å². The van der Waals surface area contributed by atoms with Gasteiger partial charge in [-0.05, 0) is 36.5 Å². The van der Waals surface area contributed by atoms with Crippen LogP contribution in [0.2, 0.25) is 0 Å². The lowest BCUT2D eigenvalue weighted by atomic mass is 9.83. The van der Waals surface area contributed by atoms with Crippen molar-refractivity contribution in [2.24, 2.45) is 5.41 Å². The summed E-state index contributed by atoms with van der Waals surface area (Å²) in [5, 5.41) is 0. The third-order valence-corrected chi connectivity index (χ3v) is 6.01. The molecule has 1 aromatic carbocycles. The zero-order chi connectivity index (χ0) is 14.3. The van der Waals surface area contributed by atoms with Gasteiger partial charge in [0.25, 0.3) is 0 Å². The van der Waals surface area contributed by atoms with Crippen molar-refractivity contribution >= 4 is 26.0 Å². The minimum atomic E-state index is -3.72. The van der Waals surface area contributed by atoms with Crippen molar-refractivity contribution < 1.29 is 12.8 Å². The van der Waals surface area contributed by atoms with E-state index in [4.69, 9.17) is 0 Å². The Hall–Kier alpha value is -0.460. The first-order chi connectivity index (χ1) is 8.72. The van der Waals surface area contributed by atoms with Crippen LogP contribution in [0.25, 0.3) is 0 Å². The van der Waals surface area contributed by atoms with Crippen molar-refractivity contribution in [3.05, 3.63) is 28.5 Å². The lowest BCUT2D eigenvalue weighted by Gasteiger charge is -2.36. The molecule has 0 aliphatic carbocycles. The van der Waals surface area contributed by atoms with Crippen LogP contribution in [0.5, 0.6) is 0 Å². The highest BCUT2D eigenvalue weighted by Crippen LogP contribution is 2.33. The SMILES string of the molecule is CC1(C)CCN(S(=O)(=O)c2ccc(Br)cc2F)CC1. The fraction of sp³-hybridized carbons (Fsp3) is 0.538. The van der Waals surface area contributed by atoms with Crippen LogP contribution < -0.4 is 0 Å². The molecule has 0 amide bonds. The number of sulfonamides is 1. The lowest BCUT2D eigenvalue weighted by Crippen LogP contribution is -2.41. The number of piperidine rings is 1. The predicted molar refractivity (Wildman–Crippen MR) is 75.9 cm³/mol. The van der Waals surface area contributed by atoms with E-state index in [9.17, 15) is 12.8 Å². The number of nitrogens with zero attached hydrogens (tertiary/aromatic N) is 1. The van der Waals surface area contributed by atoms with E-state index in [1.165, 1.54) is 16.4 Å². The summed E-state index contributed by atoms with van der Waals surface area (Å²) >= 11 is 3.13. The van der Waals surface area contributed by atoms with Crippen LogP contribution in [-0.4, -0.2) is 25.8 Å². The molecular weight excluding hydrogens is 333 g/mol. The van der Waals surface area contributed by atoms with E-state index in [1.54, 1.807) is 6.07 Å². The maximum absolute atomic E-state index is 13.8. The number of benzene rings is 1. The average molecular weight is 350 g/mol. The van der Waals surface area contributed by atoms with E-state index < -0.39 is 15.8 Å². The minimum Gasteiger partial charge on any atom is -0.207 e. The Labute approximate surface area is 122 Å². The van der Waals surface area contributed by atoms with Gasteiger partial charge in [-0.2, -0.15) is 4.31 Å². The van der Waals surface area contributed by atoms with Crippen LogP contribution in [0.3, 0.4) is 0 Å². The predicted octanol–water partition coefficient (Wildman–Crippen LogP) is 3.40. The van der Waals surface area contributed by atoms with Gasteiger partial charge < -0.3 is 0 Å². The first kappa shape index (κ1) is 14.9. The van der Waals surface area contributed by atoms with E-state index in [2.05, 4.69) is 29.8 Å². The molecule has 0 saturated carbocycles. The number of hydrogen-bond donors (Lipinski definition) is 0. The van der Waals surface area contributed by atoms with Gasteiger partial charge in [0.2, 0.25) is 10.0 Å². The lowest BCUT2D eigenvalue weighted by molar-refractivity contribution is 0.195. The fourth-order valence-electron chi connectivity index (χ4n) is 2.16. The van der Waals surface area contributed by atoms with Gasteiger partial charge in [-0.1, -0.05) is 29.8 Å². The van der Waals surface area contributed by atoms with E-state index in [-0.39, 0.29) is 10.3 Å². The molecule has 1 aliphatic heterocycles. The zero-order valence-corrected chi connectivity index (χ0v) is 13.4. The largest absolute Gasteiger partial charge is 0.245 e. The first-order valence-corrected chi connectivity index (χ1v) is 8.41. The quantitative estimate of drug-likeness (QED) is 0.820. The van der Waals surface area contributed by atoms with Crippen molar-refractivity contribution in [2.75, 3.05) is 13.1 Å². The Morgan fingerprint density at radius 3 is 2.37 bits per heavy atom. The van der Waals surface area contributed by atoms with E-state index in [0.717, 1.165) is 12.8 Å². The third-order valence-electron chi connectivity index (χ3n) is 3.59. The maximum atomic E-state index is 13.8. The summed E-state index contributed by atoms with van der Waals surface area (Å²) in [5.74, 6) is -0.709. The average Bonchev–Trinajstić information content (AvgIpc) is 2.27. The summed E-state index contributed by atoms with van der Waals surface area (Å²) in [6.45, 7) is 5.14. The Morgan fingerprint density at radius 2 is 1.84 bits per heavy atom. The fourth-order valence-corrected chi connectivity index (χ4v) is 3.98. The Bertz CT molecular complexity index is 576. The van der Waals surface area contributed by atoms with Crippen LogP contribution in [0, 0.1) is 11.2 Å². The standard InChI is InChI=1S/C13H17BrFNO2S/c1-13(2)5-7-16(8-6-13)19(17,18)12-4-3-10(14)9-11(12)15/h3-4,9H,5-8H2,1-2H3. The first-order valence-electron chi connectivity index (χ1n) is 6.18. The Balaban J connectivity index is 2.28. The van der Waals surface area contributed by atoms with Gasteiger partial charge in [-0.25, -0.2) is 12.8 Å². The minimum absolute atomic E-state index is 0.157. The summed E-state index contributed by atoms with van der Waals surface area (Å²) in [5.41, 5.74) is 0.157. The summed E-state index contributed by atoms with van der Waals surface area (Å²) in [4.78, 5) is -0.240. The van der Waals surface area contributed by atoms with Crippen molar-refractivity contribution in [1.29, 1.82) is 0 Å². The molecule has 0 bridgehead atoms. The summed E-state index contributed by atoms with van der Waals surface area (Å²) in [7, 11) is -3.72. The highest BCUT2D eigenvalue weighted by atomic mass is 79.9. The second-order valence-corrected chi connectivity index (χ2v) is 8.47. The smallest absolute Gasteiger partial charge is 0.207 e. The molecule has 0 radical (unpaired) electrons. The third kappa shape index (κ3) is 3.17. The van der Waals surface area contributed by atoms with Gasteiger partial charge in [0.1, 0.15) is 10.7 Å². The second-order valence-electron chi connectivity index (χ2n) is 5.64. The van der Waals surface area contributed by atoms with Gasteiger partial charge in [0, 0.05) is 17.6 Å². The highest BCUT2D eigenvalue weighted by molar-refractivity contribution is 9.10. The molecule has 1 aromatic rings. The summed E-state index contributed by atoms with van der Waals surface area (Å²) in [6, 6.07) is 4.04.